The van der Waals surface area contributed by atoms with Crippen LogP contribution < -0.4 is 10.5 Å². The van der Waals surface area contributed by atoms with Crippen molar-refractivity contribution in [2.75, 3.05) is 7.11 Å². The topological polar surface area (TPSA) is 48.1 Å². The molecule has 0 atom stereocenters. The normalized spacial score (nSPS) is 10.7. The predicted molar refractivity (Wildman–Crippen MR) is 81.6 cm³/mol. The lowest BCUT2D eigenvalue weighted by Gasteiger charge is -2.11. The highest BCUT2D eigenvalue weighted by molar-refractivity contribution is 5.85. The minimum absolute atomic E-state index is 0.491. The Labute approximate surface area is 118 Å². The molecule has 1 aromatic heterocycles. The van der Waals surface area contributed by atoms with Gasteiger partial charge < -0.3 is 10.5 Å². The number of hydrogen-bond acceptors (Lipinski definition) is 3. The van der Waals surface area contributed by atoms with Crippen molar-refractivity contribution in [1.82, 2.24) is 4.98 Å². The molecular weight excluding hydrogens is 248 g/mol. The molecule has 3 aromatic rings. The van der Waals surface area contributed by atoms with Crippen molar-refractivity contribution in [3.63, 3.8) is 0 Å². The van der Waals surface area contributed by atoms with E-state index in [0.29, 0.717) is 6.54 Å². The van der Waals surface area contributed by atoms with Gasteiger partial charge in [-0.3, -0.25) is 0 Å². The predicted octanol–water partition coefficient (Wildman–Crippen LogP) is 3.37. The lowest BCUT2D eigenvalue weighted by atomic mass is 10.0. The van der Waals surface area contributed by atoms with Gasteiger partial charge in [0.25, 0.3) is 0 Å². The van der Waals surface area contributed by atoms with Crippen LogP contribution in [-0.4, -0.2) is 12.1 Å². The minimum Gasteiger partial charge on any atom is -0.496 e. The van der Waals surface area contributed by atoms with E-state index in [1.54, 1.807) is 7.11 Å². The van der Waals surface area contributed by atoms with Gasteiger partial charge in [0.05, 0.1) is 18.3 Å². The van der Waals surface area contributed by atoms with Gasteiger partial charge in [0.1, 0.15) is 5.75 Å². The number of ether oxygens (including phenoxy) is 1. The van der Waals surface area contributed by atoms with Gasteiger partial charge in [-0.1, -0.05) is 30.3 Å². The van der Waals surface area contributed by atoms with E-state index in [4.69, 9.17) is 15.5 Å². The smallest absolute Gasteiger partial charge is 0.128 e. The highest BCUT2D eigenvalue weighted by Gasteiger charge is 2.10. The number of aromatic nitrogens is 1. The van der Waals surface area contributed by atoms with Gasteiger partial charge in [0.15, 0.2) is 0 Å². The molecule has 0 saturated carbocycles. The van der Waals surface area contributed by atoms with E-state index in [0.717, 1.165) is 33.5 Å². The number of nitrogens with two attached hydrogens (primary N) is 1. The molecule has 0 unspecified atom stereocenters. The van der Waals surface area contributed by atoms with Crippen molar-refractivity contribution in [2.24, 2.45) is 5.73 Å². The maximum Gasteiger partial charge on any atom is 0.128 e. The third-order valence-electron chi connectivity index (χ3n) is 3.40. The molecule has 20 heavy (non-hydrogen) atoms. The number of nitrogens with zero attached hydrogens (tertiary/aromatic N) is 1. The number of fused-ring (bicyclic) bond motifs is 1. The molecule has 1 heterocycles. The fraction of sp³-hybridized carbons (Fsp3) is 0.118. The van der Waals surface area contributed by atoms with Gasteiger partial charge in [0.2, 0.25) is 0 Å². The molecule has 3 nitrogen and oxygen atoms in total. The summed E-state index contributed by atoms with van der Waals surface area (Å²) in [6.07, 6.45) is 0. The van der Waals surface area contributed by atoms with E-state index in [-0.39, 0.29) is 0 Å². The van der Waals surface area contributed by atoms with E-state index in [1.165, 1.54) is 0 Å². The third kappa shape index (κ3) is 2.12. The van der Waals surface area contributed by atoms with Crippen LogP contribution >= 0.6 is 0 Å². The monoisotopic (exact) mass is 264 g/mol. The van der Waals surface area contributed by atoms with E-state index < -0.39 is 0 Å². The quantitative estimate of drug-likeness (QED) is 0.789. The van der Waals surface area contributed by atoms with Crippen molar-refractivity contribution in [3.8, 4) is 17.0 Å². The zero-order chi connectivity index (χ0) is 13.9. The number of rotatable bonds is 3. The van der Waals surface area contributed by atoms with E-state index >= 15 is 0 Å². The summed E-state index contributed by atoms with van der Waals surface area (Å²) in [5, 5.41) is 1.11. The number of para-hydroxylation sites is 2. The van der Waals surface area contributed by atoms with Gasteiger partial charge in [-0.25, -0.2) is 4.98 Å². The molecule has 3 heteroatoms. The Hall–Kier alpha value is -2.39. The van der Waals surface area contributed by atoms with Crippen LogP contribution in [-0.2, 0) is 6.54 Å². The molecule has 3 rings (SSSR count). The Morgan fingerprint density at radius 1 is 1.05 bits per heavy atom. The van der Waals surface area contributed by atoms with Crippen LogP contribution in [0.2, 0.25) is 0 Å². The van der Waals surface area contributed by atoms with Crippen molar-refractivity contribution in [2.45, 2.75) is 6.54 Å². The average Bonchev–Trinajstić information content (AvgIpc) is 2.53. The largest absolute Gasteiger partial charge is 0.496 e. The second kappa shape index (κ2) is 5.31. The van der Waals surface area contributed by atoms with E-state index in [2.05, 4.69) is 6.07 Å². The second-order valence-electron chi connectivity index (χ2n) is 4.59. The molecule has 0 fully saturated rings. The summed E-state index contributed by atoms with van der Waals surface area (Å²) < 4.78 is 5.41. The van der Waals surface area contributed by atoms with Crippen LogP contribution in [0.15, 0.2) is 54.6 Å². The van der Waals surface area contributed by atoms with Crippen molar-refractivity contribution in [3.05, 3.63) is 60.2 Å². The zero-order valence-electron chi connectivity index (χ0n) is 11.3. The molecular formula is C17H16N2O. The lowest BCUT2D eigenvalue weighted by molar-refractivity contribution is 0.416. The summed E-state index contributed by atoms with van der Waals surface area (Å²) in [4.78, 5) is 4.73. The molecule has 0 bridgehead atoms. The fourth-order valence-corrected chi connectivity index (χ4v) is 2.41. The fourth-order valence-electron chi connectivity index (χ4n) is 2.41. The third-order valence-corrected chi connectivity index (χ3v) is 3.40. The number of benzene rings is 2. The molecule has 2 N–H and O–H groups in total. The summed E-state index contributed by atoms with van der Waals surface area (Å²) >= 11 is 0. The molecule has 0 saturated heterocycles. The first-order chi connectivity index (χ1) is 9.83. The van der Waals surface area contributed by atoms with Crippen LogP contribution in [0.4, 0.5) is 0 Å². The summed E-state index contributed by atoms with van der Waals surface area (Å²) in [6.45, 7) is 0.491. The van der Waals surface area contributed by atoms with Crippen LogP contribution in [0.3, 0.4) is 0 Å². The van der Waals surface area contributed by atoms with Gasteiger partial charge in [0, 0.05) is 17.5 Å². The summed E-state index contributed by atoms with van der Waals surface area (Å²) in [5.74, 6) is 0.818. The number of methoxy groups -OCH3 is 1. The first-order valence-electron chi connectivity index (χ1n) is 6.55. The number of pyridine rings is 1. The highest BCUT2D eigenvalue weighted by atomic mass is 16.5. The Balaban J connectivity index is 2.26. The maximum absolute atomic E-state index is 5.87. The molecule has 0 aliphatic rings. The molecule has 100 valence electrons. The van der Waals surface area contributed by atoms with Crippen LogP contribution in [0, 0.1) is 0 Å². The van der Waals surface area contributed by atoms with Gasteiger partial charge in [-0.2, -0.15) is 0 Å². The summed E-state index contributed by atoms with van der Waals surface area (Å²) in [5.41, 5.74) is 9.80. The Morgan fingerprint density at radius 3 is 2.60 bits per heavy atom. The Bertz CT molecular complexity index is 753. The summed E-state index contributed by atoms with van der Waals surface area (Å²) in [6, 6.07) is 18.0. The minimum atomic E-state index is 0.491. The molecule has 0 aliphatic heterocycles. The molecule has 0 amide bonds. The molecule has 0 radical (unpaired) electrons. The van der Waals surface area contributed by atoms with Crippen molar-refractivity contribution < 1.29 is 4.74 Å². The van der Waals surface area contributed by atoms with Gasteiger partial charge in [-0.15, -0.1) is 0 Å². The van der Waals surface area contributed by atoms with Crippen LogP contribution in [0.25, 0.3) is 22.2 Å². The molecule has 0 spiro atoms. The van der Waals surface area contributed by atoms with Crippen LogP contribution in [0.1, 0.15) is 5.56 Å². The molecule has 0 aliphatic carbocycles. The first-order valence-corrected chi connectivity index (χ1v) is 6.55. The van der Waals surface area contributed by atoms with Crippen LogP contribution in [0.5, 0.6) is 5.75 Å². The van der Waals surface area contributed by atoms with Gasteiger partial charge in [-0.05, 0) is 29.8 Å². The first kappa shape index (κ1) is 12.6. The highest BCUT2D eigenvalue weighted by Crippen LogP contribution is 2.30. The van der Waals surface area contributed by atoms with Crippen molar-refractivity contribution >= 4 is 10.9 Å². The average molecular weight is 264 g/mol. The van der Waals surface area contributed by atoms with E-state index in [1.807, 2.05) is 48.5 Å². The summed E-state index contributed by atoms with van der Waals surface area (Å²) in [7, 11) is 1.67. The Morgan fingerprint density at radius 2 is 1.80 bits per heavy atom. The van der Waals surface area contributed by atoms with Crippen molar-refractivity contribution in [1.29, 1.82) is 0 Å². The maximum atomic E-state index is 5.87. The SMILES string of the molecule is COc1ccccc1-c1cc(CN)c2ccccc2n1. The lowest BCUT2D eigenvalue weighted by Crippen LogP contribution is -2.00. The second-order valence-corrected chi connectivity index (χ2v) is 4.59. The van der Waals surface area contributed by atoms with Gasteiger partial charge >= 0.3 is 0 Å². The standard InChI is InChI=1S/C17H16N2O/c1-20-17-9-5-3-7-14(17)16-10-12(11-18)13-6-2-4-8-15(13)19-16/h2-10H,11,18H2,1H3. The Kier molecular flexibility index (Phi) is 3.35. The molecule has 2 aromatic carbocycles. The number of hydrogen-bond donors (Lipinski definition) is 1. The zero-order valence-corrected chi connectivity index (χ0v) is 11.3. The van der Waals surface area contributed by atoms with E-state index in [9.17, 15) is 0 Å².